The highest BCUT2D eigenvalue weighted by molar-refractivity contribution is 9.10. The number of aryl methyl sites for hydroxylation is 2. The second-order valence-corrected chi connectivity index (χ2v) is 5.73. The van der Waals surface area contributed by atoms with Gasteiger partial charge < -0.3 is 4.74 Å². The van der Waals surface area contributed by atoms with Crippen molar-refractivity contribution in [3.63, 3.8) is 0 Å². The number of hydrogen-bond acceptors (Lipinski definition) is 4. The fraction of sp³-hybridized carbons (Fsp3) is 0.375. The number of aromatic nitrogens is 2. The SMILES string of the molecule is CCOc1cc(Br)ccc1-c1c(Cl)c(CC)nn1CC.O=C=O. The smallest absolute Gasteiger partial charge is 0.373 e. The molecule has 0 saturated heterocycles. The number of carbonyl (C=O) groups excluding carboxylic acids is 2. The van der Waals surface area contributed by atoms with E-state index >= 15 is 0 Å². The molecule has 2 aromatic rings. The van der Waals surface area contributed by atoms with Crippen molar-refractivity contribution < 1.29 is 14.3 Å². The number of halogens is 2. The predicted molar refractivity (Wildman–Crippen MR) is 91.6 cm³/mol. The molecule has 0 saturated carbocycles. The molecule has 0 atom stereocenters. The fourth-order valence-corrected chi connectivity index (χ4v) is 2.88. The van der Waals surface area contributed by atoms with Crippen LogP contribution in [0.2, 0.25) is 5.02 Å². The Morgan fingerprint density at radius 1 is 1.30 bits per heavy atom. The van der Waals surface area contributed by atoms with Gasteiger partial charge >= 0.3 is 6.15 Å². The van der Waals surface area contributed by atoms with Crippen LogP contribution in [0, 0.1) is 0 Å². The first kappa shape index (κ1) is 19.4. The maximum Gasteiger partial charge on any atom is 0.373 e. The first-order valence-electron chi connectivity index (χ1n) is 7.21. The van der Waals surface area contributed by atoms with Gasteiger partial charge in [-0.15, -0.1) is 0 Å². The first-order valence-corrected chi connectivity index (χ1v) is 8.38. The highest BCUT2D eigenvalue weighted by Gasteiger charge is 2.19. The number of hydrogen-bond donors (Lipinski definition) is 0. The van der Waals surface area contributed by atoms with Gasteiger partial charge in [0, 0.05) is 16.6 Å². The number of benzene rings is 1. The molecule has 7 heteroatoms. The minimum Gasteiger partial charge on any atom is -0.493 e. The minimum absolute atomic E-state index is 0.250. The van der Waals surface area contributed by atoms with E-state index in [9.17, 15) is 0 Å². The van der Waals surface area contributed by atoms with Crippen LogP contribution in [0.1, 0.15) is 26.5 Å². The molecule has 0 spiro atoms. The normalized spacial score (nSPS) is 9.78. The van der Waals surface area contributed by atoms with Crippen molar-refractivity contribution in [1.29, 1.82) is 0 Å². The molecule has 0 N–H and O–H groups in total. The average molecular weight is 402 g/mol. The predicted octanol–water partition coefficient (Wildman–Crippen LogP) is 4.36. The summed E-state index contributed by atoms with van der Waals surface area (Å²) in [6.45, 7) is 7.48. The lowest BCUT2D eigenvalue weighted by Gasteiger charge is -2.12. The van der Waals surface area contributed by atoms with E-state index in [1.54, 1.807) is 0 Å². The summed E-state index contributed by atoms with van der Waals surface area (Å²) >= 11 is 9.98. The number of nitrogens with zero attached hydrogens (tertiary/aromatic N) is 2. The highest BCUT2D eigenvalue weighted by atomic mass is 79.9. The molecule has 0 amide bonds. The van der Waals surface area contributed by atoms with Crippen LogP contribution in [0.4, 0.5) is 0 Å². The Hall–Kier alpha value is -1.62. The van der Waals surface area contributed by atoms with E-state index in [0.29, 0.717) is 6.61 Å². The number of rotatable bonds is 5. The Morgan fingerprint density at radius 2 is 1.96 bits per heavy atom. The molecule has 0 aliphatic heterocycles. The molecule has 0 unspecified atom stereocenters. The van der Waals surface area contributed by atoms with Crippen molar-refractivity contribution in [3.05, 3.63) is 33.4 Å². The zero-order chi connectivity index (χ0) is 17.4. The largest absolute Gasteiger partial charge is 0.493 e. The zero-order valence-electron chi connectivity index (χ0n) is 13.2. The van der Waals surface area contributed by atoms with E-state index in [1.165, 1.54) is 0 Å². The maximum absolute atomic E-state index is 8.12. The van der Waals surface area contributed by atoms with Gasteiger partial charge in [0.1, 0.15) is 5.75 Å². The molecule has 0 fully saturated rings. The Balaban J connectivity index is 0.000000816. The molecule has 23 heavy (non-hydrogen) atoms. The lowest BCUT2D eigenvalue weighted by atomic mass is 10.1. The summed E-state index contributed by atoms with van der Waals surface area (Å²) in [7, 11) is 0. The van der Waals surface area contributed by atoms with Crippen molar-refractivity contribution in [1.82, 2.24) is 9.78 Å². The van der Waals surface area contributed by atoms with Crippen molar-refractivity contribution in [2.45, 2.75) is 33.7 Å². The Kier molecular flexibility index (Phi) is 8.03. The van der Waals surface area contributed by atoms with Crippen LogP contribution in [0.3, 0.4) is 0 Å². The van der Waals surface area contributed by atoms with E-state index in [-0.39, 0.29) is 6.15 Å². The highest BCUT2D eigenvalue weighted by Crippen LogP contribution is 2.38. The summed E-state index contributed by atoms with van der Waals surface area (Å²) in [4.78, 5) is 16.2. The summed E-state index contributed by atoms with van der Waals surface area (Å²) in [6, 6.07) is 5.98. The van der Waals surface area contributed by atoms with E-state index in [4.69, 9.17) is 25.9 Å². The van der Waals surface area contributed by atoms with Gasteiger partial charge in [0.05, 0.1) is 23.0 Å². The lowest BCUT2D eigenvalue weighted by Crippen LogP contribution is -2.02. The molecule has 2 rings (SSSR count). The molecule has 1 heterocycles. The van der Waals surface area contributed by atoms with Gasteiger partial charge in [-0.05, 0) is 38.5 Å². The molecule has 124 valence electrons. The molecule has 1 aromatic heterocycles. The quantitative estimate of drug-likeness (QED) is 0.746. The van der Waals surface area contributed by atoms with Crippen LogP contribution >= 0.6 is 27.5 Å². The van der Waals surface area contributed by atoms with Crippen LogP contribution < -0.4 is 4.74 Å². The fourth-order valence-electron chi connectivity index (χ4n) is 2.17. The van der Waals surface area contributed by atoms with Crippen molar-refractivity contribution in [2.24, 2.45) is 0 Å². The molecule has 0 aliphatic rings. The van der Waals surface area contributed by atoms with Crippen molar-refractivity contribution in [3.8, 4) is 17.0 Å². The zero-order valence-corrected chi connectivity index (χ0v) is 15.6. The van der Waals surface area contributed by atoms with Crippen LogP contribution in [-0.4, -0.2) is 22.5 Å². The summed E-state index contributed by atoms with van der Waals surface area (Å²) in [5, 5.41) is 5.28. The van der Waals surface area contributed by atoms with Gasteiger partial charge in [0.15, 0.2) is 0 Å². The van der Waals surface area contributed by atoms with Crippen LogP contribution in [0.15, 0.2) is 22.7 Å². The average Bonchev–Trinajstić information content (AvgIpc) is 2.85. The van der Waals surface area contributed by atoms with Crippen molar-refractivity contribution in [2.75, 3.05) is 6.61 Å². The van der Waals surface area contributed by atoms with E-state index in [2.05, 4.69) is 34.9 Å². The van der Waals surface area contributed by atoms with Gasteiger partial charge in [0.25, 0.3) is 0 Å². The summed E-state index contributed by atoms with van der Waals surface area (Å²) in [5.41, 5.74) is 2.84. The lowest BCUT2D eigenvalue weighted by molar-refractivity contribution is -0.191. The second kappa shape index (κ2) is 9.50. The van der Waals surface area contributed by atoms with Gasteiger partial charge in [-0.25, -0.2) is 0 Å². The van der Waals surface area contributed by atoms with Gasteiger partial charge in [0.2, 0.25) is 0 Å². The molecule has 0 aliphatic carbocycles. The summed E-state index contributed by atoms with van der Waals surface area (Å²) in [5.74, 6) is 0.820. The standard InChI is InChI=1S/C15H18BrClN2O.CO2/c1-4-12-14(17)15(19(5-2)18-12)11-8-7-10(16)9-13(11)20-6-3;2-1-3/h7-9H,4-6H2,1-3H3;. The molecular formula is C16H18BrClN2O3. The molecule has 1 aromatic carbocycles. The summed E-state index contributed by atoms with van der Waals surface area (Å²) < 4.78 is 8.66. The topological polar surface area (TPSA) is 61.2 Å². The number of ether oxygens (including phenoxy) is 1. The van der Waals surface area contributed by atoms with Crippen LogP contribution in [0.25, 0.3) is 11.3 Å². The van der Waals surface area contributed by atoms with Gasteiger partial charge in [-0.3, -0.25) is 4.68 Å². The Labute approximate surface area is 148 Å². The van der Waals surface area contributed by atoms with Gasteiger partial charge in [-0.2, -0.15) is 14.7 Å². The molecule has 5 nitrogen and oxygen atoms in total. The third-order valence-electron chi connectivity index (χ3n) is 3.09. The third-order valence-corrected chi connectivity index (χ3v) is 3.98. The van der Waals surface area contributed by atoms with Crippen molar-refractivity contribution >= 4 is 33.7 Å². The first-order chi connectivity index (χ1) is 11.0. The molecule has 0 bridgehead atoms. The Bertz CT molecular complexity index is 695. The van der Waals surface area contributed by atoms with Gasteiger partial charge in [-0.1, -0.05) is 34.5 Å². The van der Waals surface area contributed by atoms with Crippen LogP contribution in [-0.2, 0) is 22.6 Å². The minimum atomic E-state index is 0.250. The van der Waals surface area contributed by atoms with E-state index in [1.807, 2.05) is 29.8 Å². The third kappa shape index (κ3) is 4.67. The van der Waals surface area contributed by atoms with E-state index < -0.39 is 0 Å². The Morgan fingerprint density at radius 3 is 2.48 bits per heavy atom. The van der Waals surface area contributed by atoms with Crippen LogP contribution in [0.5, 0.6) is 5.75 Å². The summed E-state index contributed by atoms with van der Waals surface area (Å²) in [6.07, 6.45) is 1.07. The monoisotopic (exact) mass is 400 g/mol. The maximum atomic E-state index is 8.12. The second-order valence-electron chi connectivity index (χ2n) is 4.44. The molecule has 0 radical (unpaired) electrons. The molecular weight excluding hydrogens is 384 g/mol. The van der Waals surface area contributed by atoms with E-state index in [0.717, 1.165) is 45.2 Å².